The molecule has 0 fully saturated rings. The van der Waals surface area contributed by atoms with E-state index in [1.807, 2.05) is 34.6 Å². The first kappa shape index (κ1) is 19.2. The van der Waals surface area contributed by atoms with Crippen molar-refractivity contribution < 1.29 is 9.53 Å². The second-order valence-electron chi connectivity index (χ2n) is 6.73. The zero-order chi connectivity index (χ0) is 17.8. The molecule has 0 aromatic carbocycles. The average molecular weight is 324 g/mol. The van der Waals surface area contributed by atoms with Gasteiger partial charge >= 0.3 is 6.09 Å². The van der Waals surface area contributed by atoms with E-state index in [0.717, 1.165) is 0 Å². The highest BCUT2D eigenvalue weighted by molar-refractivity contribution is 5.67. The maximum absolute atomic E-state index is 12.0. The van der Waals surface area contributed by atoms with Crippen molar-refractivity contribution in [2.45, 2.75) is 53.2 Å². The van der Waals surface area contributed by atoms with Gasteiger partial charge in [0.2, 0.25) is 0 Å². The number of H-pyrrole nitrogens is 1. The number of rotatable bonds is 5. The Labute approximate surface area is 137 Å². The molecule has 0 aliphatic rings. The van der Waals surface area contributed by atoms with Gasteiger partial charge in [0.1, 0.15) is 11.4 Å². The summed E-state index contributed by atoms with van der Waals surface area (Å²) in [7, 11) is 1.69. The molecule has 1 rings (SSSR count). The molecule has 23 heavy (non-hydrogen) atoms. The van der Waals surface area contributed by atoms with Crippen molar-refractivity contribution in [2.24, 2.45) is 0 Å². The highest BCUT2D eigenvalue weighted by Gasteiger charge is 2.20. The molecule has 130 valence electrons. The molecule has 7 nitrogen and oxygen atoms in total. The van der Waals surface area contributed by atoms with Crippen molar-refractivity contribution >= 4 is 6.09 Å². The smallest absolute Gasteiger partial charge is 0.410 e. The van der Waals surface area contributed by atoms with Crippen LogP contribution in [0.25, 0.3) is 0 Å². The van der Waals surface area contributed by atoms with Gasteiger partial charge in [0.15, 0.2) is 0 Å². The van der Waals surface area contributed by atoms with Gasteiger partial charge in [-0.2, -0.15) is 0 Å². The monoisotopic (exact) mass is 324 g/mol. The minimum atomic E-state index is -0.510. The Morgan fingerprint density at radius 2 is 2.00 bits per heavy atom. The molecule has 2 N–H and O–H groups in total. The summed E-state index contributed by atoms with van der Waals surface area (Å²) in [6.45, 7) is 12.0. The van der Waals surface area contributed by atoms with E-state index >= 15 is 0 Å². The summed E-state index contributed by atoms with van der Waals surface area (Å²) in [5, 5.41) is 3.24. The summed E-state index contributed by atoms with van der Waals surface area (Å²) in [5.41, 5.74) is 0.696. The molecular formula is C16H28N4O3. The third kappa shape index (κ3) is 6.02. The molecule has 0 saturated heterocycles. The lowest BCUT2D eigenvalue weighted by Crippen LogP contribution is -2.39. The van der Waals surface area contributed by atoms with Crippen molar-refractivity contribution in [3.05, 3.63) is 27.4 Å². The zero-order valence-corrected chi connectivity index (χ0v) is 15.1. The van der Waals surface area contributed by atoms with Crippen LogP contribution in [0.3, 0.4) is 0 Å². The van der Waals surface area contributed by atoms with E-state index in [1.165, 1.54) is 4.90 Å². The van der Waals surface area contributed by atoms with E-state index in [4.69, 9.17) is 4.74 Å². The van der Waals surface area contributed by atoms with Gasteiger partial charge in [0, 0.05) is 31.9 Å². The molecule has 0 bridgehead atoms. The Balaban J connectivity index is 2.56. The number of hydrogen-bond donors (Lipinski definition) is 2. The van der Waals surface area contributed by atoms with Crippen LogP contribution in [0, 0.1) is 13.8 Å². The average Bonchev–Trinajstić information content (AvgIpc) is 2.35. The van der Waals surface area contributed by atoms with Gasteiger partial charge < -0.3 is 19.9 Å². The van der Waals surface area contributed by atoms with Crippen LogP contribution in [0.15, 0.2) is 4.79 Å². The minimum absolute atomic E-state index is 0.129. The Hall–Kier alpha value is -1.89. The Morgan fingerprint density at radius 1 is 1.39 bits per heavy atom. The predicted molar refractivity (Wildman–Crippen MR) is 89.6 cm³/mol. The molecule has 1 heterocycles. The minimum Gasteiger partial charge on any atom is -0.444 e. The molecule has 0 radical (unpaired) electrons. The van der Waals surface area contributed by atoms with Gasteiger partial charge in [-0.05, 0) is 41.5 Å². The molecule has 1 atom stereocenters. The Bertz CT molecular complexity index is 604. The highest BCUT2D eigenvalue weighted by Crippen LogP contribution is 2.11. The third-order valence-corrected chi connectivity index (χ3v) is 3.30. The maximum Gasteiger partial charge on any atom is 0.410 e. The van der Waals surface area contributed by atoms with Crippen molar-refractivity contribution in [2.75, 3.05) is 20.1 Å². The Morgan fingerprint density at radius 3 is 2.52 bits per heavy atom. The number of aryl methyl sites for hydroxylation is 2. The summed E-state index contributed by atoms with van der Waals surface area (Å²) in [6, 6.07) is -0.154. The van der Waals surface area contributed by atoms with Crippen LogP contribution in [-0.4, -0.2) is 46.7 Å². The molecule has 1 aromatic rings. The van der Waals surface area contributed by atoms with Gasteiger partial charge in [0.05, 0.1) is 5.56 Å². The fourth-order valence-electron chi connectivity index (χ4n) is 2.23. The molecule has 0 aliphatic heterocycles. The van der Waals surface area contributed by atoms with E-state index in [-0.39, 0.29) is 17.7 Å². The first-order valence-corrected chi connectivity index (χ1v) is 7.76. The summed E-state index contributed by atoms with van der Waals surface area (Å²) in [4.78, 5) is 32.4. The summed E-state index contributed by atoms with van der Waals surface area (Å²) >= 11 is 0. The number of hydrogen-bond acceptors (Lipinski definition) is 5. The number of ether oxygens (including phenoxy) is 1. The topological polar surface area (TPSA) is 87.3 Å². The lowest BCUT2D eigenvalue weighted by atomic mass is 10.1. The van der Waals surface area contributed by atoms with Crippen LogP contribution in [0.5, 0.6) is 0 Å². The molecule has 0 saturated carbocycles. The molecule has 1 aromatic heterocycles. The second-order valence-corrected chi connectivity index (χ2v) is 6.73. The zero-order valence-electron chi connectivity index (χ0n) is 15.1. The van der Waals surface area contributed by atoms with E-state index in [2.05, 4.69) is 15.3 Å². The van der Waals surface area contributed by atoms with Gasteiger partial charge in [-0.3, -0.25) is 4.79 Å². The SMILES string of the molecule is Cc1nc(C)c(C(C)NCCN(C)C(=O)OC(C)(C)C)c(=O)[nH]1. The largest absolute Gasteiger partial charge is 0.444 e. The summed E-state index contributed by atoms with van der Waals surface area (Å²) in [6.07, 6.45) is -0.363. The fourth-order valence-corrected chi connectivity index (χ4v) is 2.23. The van der Waals surface area contributed by atoms with Crippen molar-refractivity contribution in [3.63, 3.8) is 0 Å². The van der Waals surface area contributed by atoms with Gasteiger partial charge in [-0.25, -0.2) is 9.78 Å². The van der Waals surface area contributed by atoms with Gasteiger partial charge in [0.25, 0.3) is 5.56 Å². The van der Waals surface area contributed by atoms with Crippen LogP contribution in [-0.2, 0) is 4.74 Å². The number of amides is 1. The molecule has 1 unspecified atom stereocenters. The number of nitrogens with zero attached hydrogens (tertiary/aromatic N) is 2. The van der Waals surface area contributed by atoms with E-state index < -0.39 is 5.60 Å². The second kappa shape index (κ2) is 7.59. The quantitative estimate of drug-likeness (QED) is 0.864. The third-order valence-electron chi connectivity index (χ3n) is 3.30. The van der Waals surface area contributed by atoms with Gasteiger partial charge in [-0.15, -0.1) is 0 Å². The lowest BCUT2D eigenvalue weighted by molar-refractivity contribution is 0.0299. The first-order valence-electron chi connectivity index (χ1n) is 7.76. The molecule has 0 aliphatic carbocycles. The van der Waals surface area contributed by atoms with Crippen molar-refractivity contribution in [3.8, 4) is 0 Å². The van der Waals surface area contributed by atoms with Crippen LogP contribution in [0.1, 0.15) is 50.8 Å². The fraction of sp³-hybridized carbons (Fsp3) is 0.688. The highest BCUT2D eigenvalue weighted by atomic mass is 16.6. The number of carbonyl (C=O) groups is 1. The first-order chi connectivity index (χ1) is 10.5. The normalized spacial score (nSPS) is 12.8. The van der Waals surface area contributed by atoms with Crippen LogP contribution in [0.4, 0.5) is 4.79 Å². The molecule has 0 spiro atoms. The Kier molecular flexibility index (Phi) is 6.32. The molecule has 1 amide bonds. The molecule has 7 heteroatoms. The number of aromatic amines is 1. The van der Waals surface area contributed by atoms with Crippen LogP contribution in [0.2, 0.25) is 0 Å². The van der Waals surface area contributed by atoms with Gasteiger partial charge in [-0.1, -0.05) is 0 Å². The summed E-state index contributed by atoms with van der Waals surface area (Å²) in [5.74, 6) is 0.605. The predicted octanol–water partition coefficient (Wildman–Crippen LogP) is 1.90. The van der Waals surface area contributed by atoms with E-state index in [1.54, 1.807) is 14.0 Å². The molecular weight excluding hydrogens is 296 g/mol. The number of aromatic nitrogens is 2. The van der Waals surface area contributed by atoms with Crippen LogP contribution < -0.4 is 10.9 Å². The number of carbonyl (C=O) groups excluding carboxylic acids is 1. The standard InChI is InChI=1S/C16H28N4O3/c1-10(13-11(2)18-12(3)19-14(13)21)17-8-9-20(7)15(22)23-16(4,5)6/h10,17H,8-9H2,1-7H3,(H,18,19,21). The van der Waals surface area contributed by atoms with E-state index in [0.29, 0.717) is 30.2 Å². The maximum atomic E-state index is 12.0. The number of likely N-dealkylation sites (N-methyl/N-ethyl adjacent to an activating group) is 1. The van der Waals surface area contributed by atoms with Crippen molar-refractivity contribution in [1.82, 2.24) is 20.2 Å². The van der Waals surface area contributed by atoms with Crippen LogP contribution >= 0.6 is 0 Å². The number of nitrogens with one attached hydrogen (secondary N) is 2. The van der Waals surface area contributed by atoms with E-state index in [9.17, 15) is 9.59 Å². The van der Waals surface area contributed by atoms with Crippen molar-refractivity contribution in [1.29, 1.82) is 0 Å². The lowest BCUT2D eigenvalue weighted by Gasteiger charge is -2.25. The summed E-state index contributed by atoms with van der Waals surface area (Å²) < 4.78 is 5.29.